The highest BCUT2D eigenvalue weighted by Gasteiger charge is 2.51. The van der Waals surface area contributed by atoms with Crippen molar-refractivity contribution in [3.8, 4) is 79.2 Å². The van der Waals surface area contributed by atoms with Crippen LogP contribution in [0.1, 0.15) is 22.3 Å². The fraction of sp³-hybridized carbons (Fsp3) is 0.0196. The van der Waals surface area contributed by atoms with Crippen molar-refractivity contribution in [3.63, 3.8) is 0 Å². The minimum absolute atomic E-state index is 0.608. The third-order valence-corrected chi connectivity index (χ3v) is 11.1. The lowest BCUT2D eigenvalue weighted by atomic mass is 9.65. The number of nitrogens with zero attached hydrogens (tertiary/aromatic N) is 4. The van der Waals surface area contributed by atoms with Gasteiger partial charge in [0.25, 0.3) is 0 Å². The molecule has 262 valence electrons. The molecule has 0 fully saturated rings. The van der Waals surface area contributed by atoms with Crippen molar-refractivity contribution in [2.45, 2.75) is 5.41 Å². The fourth-order valence-corrected chi connectivity index (χ4v) is 8.52. The van der Waals surface area contributed by atoms with Crippen LogP contribution in [0.5, 0.6) is 11.5 Å². The summed E-state index contributed by atoms with van der Waals surface area (Å²) in [7, 11) is 0. The van der Waals surface area contributed by atoms with E-state index in [4.69, 9.17) is 24.7 Å². The number of ether oxygens (including phenoxy) is 1. The summed E-state index contributed by atoms with van der Waals surface area (Å²) in [6.45, 7) is 0. The molecule has 0 atom stereocenters. The highest BCUT2D eigenvalue weighted by molar-refractivity contribution is 5.91. The molecular weight excluding hydrogens is 685 g/mol. The summed E-state index contributed by atoms with van der Waals surface area (Å²) in [6, 6.07) is 65.5. The Morgan fingerprint density at radius 2 is 0.786 bits per heavy atom. The number of fused-ring (bicyclic) bond motifs is 9. The predicted octanol–water partition coefficient (Wildman–Crippen LogP) is 12.1. The second-order valence-electron chi connectivity index (χ2n) is 14.2. The molecule has 56 heavy (non-hydrogen) atoms. The third-order valence-electron chi connectivity index (χ3n) is 11.1. The number of hydrogen-bond acceptors (Lipinski definition) is 5. The first-order valence-corrected chi connectivity index (χ1v) is 18.8. The predicted molar refractivity (Wildman–Crippen MR) is 222 cm³/mol. The van der Waals surface area contributed by atoms with E-state index in [0.717, 1.165) is 61.7 Å². The molecule has 0 saturated heterocycles. The van der Waals surface area contributed by atoms with Crippen LogP contribution in [0.4, 0.5) is 0 Å². The molecule has 9 aromatic rings. The van der Waals surface area contributed by atoms with Crippen molar-refractivity contribution in [1.82, 2.24) is 19.9 Å². The van der Waals surface area contributed by atoms with E-state index in [1.165, 1.54) is 22.3 Å². The first kappa shape index (κ1) is 32.0. The van der Waals surface area contributed by atoms with Gasteiger partial charge in [-0.05, 0) is 69.8 Å². The van der Waals surface area contributed by atoms with Crippen LogP contribution in [0, 0.1) is 0 Å². The Hall–Kier alpha value is -7.50. The number of para-hydroxylation sites is 2. The van der Waals surface area contributed by atoms with Crippen LogP contribution < -0.4 is 4.74 Å². The molecular formula is C51H32N4O. The largest absolute Gasteiger partial charge is 0.457 e. The number of hydrogen-bond donors (Lipinski definition) is 0. The molecule has 1 aliphatic heterocycles. The molecule has 5 nitrogen and oxygen atoms in total. The fourth-order valence-electron chi connectivity index (χ4n) is 8.52. The van der Waals surface area contributed by atoms with Gasteiger partial charge in [0, 0.05) is 39.6 Å². The second kappa shape index (κ2) is 12.8. The van der Waals surface area contributed by atoms with Crippen molar-refractivity contribution >= 4 is 0 Å². The van der Waals surface area contributed by atoms with Gasteiger partial charge in [-0.15, -0.1) is 0 Å². The molecule has 3 heterocycles. The number of aromatic nitrogens is 4. The minimum Gasteiger partial charge on any atom is -0.457 e. The van der Waals surface area contributed by atoms with E-state index >= 15 is 0 Å². The smallest absolute Gasteiger partial charge is 0.164 e. The third kappa shape index (κ3) is 5.02. The molecule has 0 bridgehead atoms. The van der Waals surface area contributed by atoms with Gasteiger partial charge in [-0.25, -0.2) is 15.0 Å². The van der Waals surface area contributed by atoms with E-state index in [1.54, 1.807) is 0 Å². The SMILES string of the molecule is c1ccc(-c2nc(-c3ccccc3)nc(-c3ccc(-c4ccc5c(c4)C4(c6ccccc6Oc6ccccc64)c4cc(-c6ccccn6)ccc4-5)cc3)n2)cc1. The Labute approximate surface area is 324 Å². The summed E-state index contributed by atoms with van der Waals surface area (Å²) in [5.41, 5.74) is 13.6. The van der Waals surface area contributed by atoms with Gasteiger partial charge in [-0.1, -0.05) is 152 Å². The summed E-state index contributed by atoms with van der Waals surface area (Å²) >= 11 is 0. The molecule has 2 aliphatic rings. The van der Waals surface area contributed by atoms with Crippen molar-refractivity contribution < 1.29 is 4.74 Å². The topological polar surface area (TPSA) is 60.8 Å². The number of benzene rings is 7. The van der Waals surface area contributed by atoms with E-state index < -0.39 is 5.41 Å². The lowest BCUT2D eigenvalue weighted by molar-refractivity contribution is 0.436. The molecule has 0 N–H and O–H groups in total. The maximum Gasteiger partial charge on any atom is 0.164 e. The Bertz CT molecular complexity index is 2830. The van der Waals surface area contributed by atoms with Gasteiger partial charge in [0.1, 0.15) is 11.5 Å². The van der Waals surface area contributed by atoms with Crippen LogP contribution in [-0.4, -0.2) is 19.9 Å². The number of pyridine rings is 1. The summed E-state index contributed by atoms with van der Waals surface area (Å²) in [6.07, 6.45) is 1.86. The van der Waals surface area contributed by atoms with Gasteiger partial charge < -0.3 is 4.74 Å². The zero-order chi connectivity index (χ0) is 37.1. The van der Waals surface area contributed by atoms with Gasteiger partial charge in [0.15, 0.2) is 17.5 Å². The quantitative estimate of drug-likeness (QED) is 0.177. The summed E-state index contributed by atoms with van der Waals surface area (Å²) in [5.74, 6) is 3.65. The maximum absolute atomic E-state index is 6.62. The van der Waals surface area contributed by atoms with Crippen molar-refractivity contribution in [2.75, 3.05) is 0 Å². The molecule has 0 radical (unpaired) electrons. The van der Waals surface area contributed by atoms with Gasteiger partial charge in [-0.2, -0.15) is 0 Å². The van der Waals surface area contributed by atoms with E-state index in [-0.39, 0.29) is 0 Å². The van der Waals surface area contributed by atoms with Gasteiger partial charge in [0.2, 0.25) is 0 Å². The Balaban J connectivity index is 1.07. The molecule has 1 aliphatic carbocycles. The number of rotatable bonds is 5. The standard InChI is InChI=1S/C51H32N4O/c1-3-13-34(14-4-1)48-53-49(35-15-5-2-6-16-35)55-50(54-48)36-24-22-33(23-25-36)37-26-28-39-40-29-27-38(45-19-11-12-30-52-45)32-44(40)51(43(39)31-37)41-17-7-9-20-46(41)56-47-21-10-8-18-42(47)51/h1-32H. The normalized spacial score (nSPS) is 12.9. The van der Waals surface area contributed by atoms with Crippen molar-refractivity contribution in [2.24, 2.45) is 0 Å². The van der Waals surface area contributed by atoms with E-state index in [2.05, 4.69) is 115 Å². The van der Waals surface area contributed by atoms with Gasteiger partial charge in [-0.3, -0.25) is 4.98 Å². The first-order chi connectivity index (χ1) is 27.7. The Morgan fingerprint density at radius 3 is 1.34 bits per heavy atom. The molecule has 7 aromatic carbocycles. The van der Waals surface area contributed by atoms with Crippen molar-refractivity contribution in [3.05, 3.63) is 217 Å². The van der Waals surface area contributed by atoms with Crippen LogP contribution in [0.3, 0.4) is 0 Å². The maximum atomic E-state index is 6.62. The summed E-state index contributed by atoms with van der Waals surface area (Å²) < 4.78 is 6.62. The second-order valence-corrected chi connectivity index (χ2v) is 14.2. The van der Waals surface area contributed by atoms with Crippen molar-refractivity contribution in [1.29, 1.82) is 0 Å². The molecule has 5 heteroatoms. The highest BCUT2D eigenvalue weighted by Crippen LogP contribution is 2.62. The summed E-state index contributed by atoms with van der Waals surface area (Å²) in [5, 5.41) is 0. The monoisotopic (exact) mass is 716 g/mol. The summed E-state index contributed by atoms with van der Waals surface area (Å²) in [4.78, 5) is 19.5. The Kier molecular flexibility index (Phi) is 7.32. The van der Waals surface area contributed by atoms with Crippen LogP contribution in [0.2, 0.25) is 0 Å². The zero-order valence-corrected chi connectivity index (χ0v) is 30.2. The van der Waals surface area contributed by atoms with Crippen LogP contribution in [0.15, 0.2) is 194 Å². The van der Waals surface area contributed by atoms with E-state index in [1.807, 2.05) is 79.0 Å². The molecule has 1 spiro atoms. The Morgan fingerprint density at radius 1 is 0.339 bits per heavy atom. The van der Waals surface area contributed by atoms with Crippen LogP contribution >= 0.6 is 0 Å². The van der Waals surface area contributed by atoms with Gasteiger partial charge in [0.05, 0.1) is 11.1 Å². The average Bonchev–Trinajstić information content (AvgIpc) is 3.56. The van der Waals surface area contributed by atoms with Crippen LogP contribution in [-0.2, 0) is 5.41 Å². The van der Waals surface area contributed by atoms with E-state index in [0.29, 0.717) is 17.5 Å². The van der Waals surface area contributed by atoms with Gasteiger partial charge >= 0.3 is 0 Å². The highest BCUT2D eigenvalue weighted by atomic mass is 16.5. The molecule has 2 aromatic heterocycles. The molecule has 0 amide bonds. The molecule has 0 unspecified atom stereocenters. The lowest BCUT2D eigenvalue weighted by Crippen LogP contribution is -2.32. The minimum atomic E-state index is -0.608. The zero-order valence-electron chi connectivity index (χ0n) is 30.2. The van der Waals surface area contributed by atoms with Crippen LogP contribution in [0.25, 0.3) is 67.7 Å². The average molecular weight is 717 g/mol. The molecule has 0 saturated carbocycles. The lowest BCUT2D eigenvalue weighted by Gasteiger charge is -2.39. The molecule has 11 rings (SSSR count). The first-order valence-electron chi connectivity index (χ1n) is 18.8. The van der Waals surface area contributed by atoms with E-state index in [9.17, 15) is 0 Å².